The van der Waals surface area contributed by atoms with E-state index in [4.69, 9.17) is 21.8 Å². The summed E-state index contributed by atoms with van der Waals surface area (Å²) in [6, 6.07) is 2.03. The van der Waals surface area contributed by atoms with Crippen LogP contribution in [0.25, 0.3) is 0 Å². The second-order valence-corrected chi connectivity index (χ2v) is 5.78. The van der Waals surface area contributed by atoms with Gasteiger partial charge in [0.25, 0.3) is 0 Å². The number of hydrogen-bond donors (Lipinski definition) is 3. The normalized spacial score (nSPS) is 14.8. The van der Waals surface area contributed by atoms with Crippen LogP contribution in [0.15, 0.2) is 28.9 Å². The van der Waals surface area contributed by atoms with Gasteiger partial charge < -0.3 is 20.4 Å². The summed E-state index contributed by atoms with van der Waals surface area (Å²) in [4.78, 5) is 25.6. The quantitative estimate of drug-likeness (QED) is 0.521. The largest absolute Gasteiger partial charge is 0.478 e. The summed E-state index contributed by atoms with van der Waals surface area (Å²) in [5.41, 5.74) is 1.13. The second kappa shape index (κ2) is 10.2. The molecule has 23 heavy (non-hydrogen) atoms. The standard InChI is InChI=1S/C10H13BrClN3.C4H4O4/c11-9-6-8(7-14-10(9)12)15-4-1-2-13-3-5-15;5-3(6)1-2-4(7)8/h6-7,13H,1-5H2;1-2H,(H,5,6)(H,7,8)/b;2-1+. The molecule has 0 bridgehead atoms. The minimum Gasteiger partial charge on any atom is -0.478 e. The van der Waals surface area contributed by atoms with Gasteiger partial charge in [0.15, 0.2) is 0 Å². The maximum atomic E-state index is 9.55. The number of rotatable bonds is 3. The van der Waals surface area contributed by atoms with E-state index in [-0.39, 0.29) is 0 Å². The Balaban J connectivity index is 0.000000284. The van der Waals surface area contributed by atoms with Crippen LogP contribution in [0.1, 0.15) is 6.42 Å². The van der Waals surface area contributed by atoms with E-state index in [0.717, 1.165) is 36.3 Å². The summed E-state index contributed by atoms with van der Waals surface area (Å²) in [5.74, 6) is -2.51. The van der Waals surface area contributed by atoms with Crippen LogP contribution in [0, 0.1) is 0 Å². The average Bonchev–Trinajstić information content (AvgIpc) is 2.78. The lowest BCUT2D eigenvalue weighted by molar-refractivity contribution is -0.134. The molecule has 1 aliphatic rings. The fourth-order valence-corrected chi connectivity index (χ4v) is 2.27. The molecule has 3 N–H and O–H groups in total. The van der Waals surface area contributed by atoms with Crippen LogP contribution >= 0.6 is 27.5 Å². The van der Waals surface area contributed by atoms with Crippen molar-refractivity contribution in [1.29, 1.82) is 0 Å². The van der Waals surface area contributed by atoms with Crippen molar-refractivity contribution in [2.75, 3.05) is 31.1 Å². The van der Waals surface area contributed by atoms with Crippen molar-refractivity contribution in [3.05, 3.63) is 34.0 Å². The summed E-state index contributed by atoms with van der Waals surface area (Å²) in [6.07, 6.45) is 4.11. The summed E-state index contributed by atoms with van der Waals surface area (Å²) in [6.45, 7) is 4.22. The van der Waals surface area contributed by atoms with Gasteiger partial charge in [0, 0.05) is 31.8 Å². The Bertz CT molecular complexity index is 559. The van der Waals surface area contributed by atoms with Gasteiger partial charge in [-0.05, 0) is 35.0 Å². The van der Waals surface area contributed by atoms with Gasteiger partial charge in [0.2, 0.25) is 0 Å². The number of nitrogens with zero attached hydrogens (tertiary/aromatic N) is 2. The number of hydrogen-bond acceptors (Lipinski definition) is 5. The molecule has 2 heterocycles. The van der Waals surface area contributed by atoms with Gasteiger partial charge >= 0.3 is 11.9 Å². The van der Waals surface area contributed by atoms with Gasteiger partial charge in [0.1, 0.15) is 5.15 Å². The van der Waals surface area contributed by atoms with Crippen LogP contribution in [-0.4, -0.2) is 53.3 Å². The Kier molecular flexibility index (Phi) is 8.60. The smallest absolute Gasteiger partial charge is 0.328 e. The first-order chi connectivity index (χ1) is 10.9. The SMILES string of the molecule is Clc1ncc(N2CCCNCC2)cc1Br.O=C(O)/C=C/C(=O)O. The van der Waals surface area contributed by atoms with Crippen LogP contribution in [0.3, 0.4) is 0 Å². The average molecular weight is 407 g/mol. The van der Waals surface area contributed by atoms with Crippen molar-refractivity contribution >= 4 is 45.2 Å². The monoisotopic (exact) mass is 405 g/mol. The van der Waals surface area contributed by atoms with Gasteiger partial charge in [0.05, 0.1) is 16.4 Å². The first kappa shape index (κ1) is 19.4. The Morgan fingerprint density at radius 1 is 1.26 bits per heavy atom. The number of carboxylic acid groups (broad SMARTS) is 2. The van der Waals surface area contributed by atoms with E-state index in [9.17, 15) is 9.59 Å². The van der Waals surface area contributed by atoms with Crippen molar-refractivity contribution in [2.24, 2.45) is 0 Å². The van der Waals surface area contributed by atoms with Gasteiger partial charge in [-0.25, -0.2) is 14.6 Å². The van der Waals surface area contributed by atoms with Gasteiger partial charge in [-0.3, -0.25) is 0 Å². The van der Waals surface area contributed by atoms with Crippen molar-refractivity contribution in [3.63, 3.8) is 0 Å². The van der Waals surface area contributed by atoms with Crippen molar-refractivity contribution in [2.45, 2.75) is 6.42 Å². The lowest BCUT2D eigenvalue weighted by Gasteiger charge is -2.22. The molecule has 0 saturated carbocycles. The van der Waals surface area contributed by atoms with Gasteiger partial charge in [-0.1, -0.05) is 11.6 Å². The highest BCUT2D eigenvalue weighted by molar-refractivity contribution is 9.10. The molecule has 0 atom stereocenters. The summed E-state index contributed by atoms with van der Waals surface area (Å²) in [5, 5.41) is 19.5. The lowest BCUT2D eigenvalue weighted by atomic mass is 10.3. The number of nitrogens with one attached hydrogen (secondary N) is 1. The molecule has 2 rings (SSSR count). The molecule has 0 aliphatic carbocycles. The van der Waals surface area contributed by atoms with E-state index in [1.54, 1.807) is 0 Å². The van der Waals surface area contributed by atoms with Crippen LogP contribution in [-0.2, 0) is 9.59 Å². The molecule has 1 fully saturated rings. The zero-order valence-electron chi connectivity index (χ0n) is 12.2. The summed E-state index contributed by atoms with van der Waals surface area (Å²) in [7, 11) is 0. The first-order valence-corrected chi connectivity index (χ1v) is 7.98. The molecule has 0 unspecified atom stereocenters. The highest BCUT2D eigenvalue weighted by Gasteiger charge is 2.11. The lowest BCUT2D eigenvalue weighted by Crippen LogP contribution is -2.27. The minimum absolute atomic E-state index is 0.520. The molecular formula is C14H17BrClN3O4. The molecule has 0 radical (unpaired) electrons. The predicted octanol–water partition coefficient (Wildman–Crippen LogP) is 2.01. The molecular weight excluding hydrogens is 390 g/mol. The molecule has 1 aromatic heterocycles. The molecule has 0 spiro atoms. The zero-order chi connectivity index (χ0) is 17.2. The van der Waals surface area contributed by atoms with E-state index < -0.39 is 11.9 Å². The van der Waals surface area contributed by atoms with Crippen LogP contribution in [0.2, 0.25) is 5.15 Å². The molecule has 126 valence electrons. The minimum atomic E-state index is -1.26. The molecule has 0 aromatic carbocycles. The maximum absolute atomic E-state index is 9.55. The number of carboxylic acids is 2. The predicted molar refractivity (Wildman–Crippen MR) is 91.1 cm³/mol. The van der Waals surface area contributed by atoms with Crippen LogP contribution in [0.4, 0.5) is 5.69 Å². The summed E-state index contributed by atoms with van der Waals surface area (Å²) < 4.78 is 0.860. The molecule has 7 nitrogen and oxygen atoms in total. The van der Waals surface area contributed by atoms with Gasteiger partial charge in [-0.15, -0.1) is 0 Å². The maximum Gasteiger partial charge on any atom is 0.328 e. The highest BCUT2D eigenvalue weighted by Crippen LogP contribution is 2.25. The zero-order valence-corrected chi connectivity index (χ0v) is 14.5. The van der Waals surface area contributed by atoms with E-state index >= 15 is 0 Å². The number of aromatic nitrogens is 1. The third kappa shape index (κ3) is 7.96. The van der Waals surface area contributed by atoms with E-state index in [2.05, 4.69) is 31.1 Å². The Labute approximate surface area is 147 Å². The van der Waals surface area contributed by atoms with E-state index in [0.29, 0.717) is 17.3 Å². The molecule has 1 aliphatic heterocycles. The third-order valence-corrected chi connectivity index (χ3v) is 3.99. The summed E-state index contributed by atoms with van der Waals surface area (Å²) >= 11 is 9.26. The third-order valence-electron chi connectivity index (χ3n) is 2.86. The van der Waals surface area contributed by atoms with Crippen molar-refractivity contribution in [1.82, 2.24) is 10.3 Å². The van der Waals surface area contributed by atoms with E-state index in [1.165, 1.54) is 6.42 Å². The van der Waals surface area contributed by atoms with Crippen LogP contribution in [0.5, 0.6) is 0 Å². The van der Waals surface area contributed by atoms with Crippen molar-refractivity contribution < 1.29 is 19.8 Å². The number of anilines is 1. The second-order valence-electron chi connectivity index (χ2n) is 4.57. The topological polar surface area (TPSA) is 103 Å². The Hall–Kier alpha value is -1.64. The Morgan fingerprint density at radius 3 is 2.48 bits per heavy atom. The number of halogens is 2. The van der Waals surface area contributed by atoms with Crippen LogP contribution < -0.4 is 10.2 Å². The fraction of sp³-hybridized carbons (Fsp3) is 0.357. The number of pyridine rings is 1. The number of aliphatic carboxylic acids is 2. The fourth-order valence-electron chi connectivity index (χ4n) is 1.83. The highest BCUT2D eigenvalue weighted by atomic mass is 79.9. The first-order valence-electron chi connectivity index (χ1n) is 6.81. The van der Waals surface area contributed by atoms with E-state index in [1.807, 2.05) is 12.3 Å². The Morgan fingerprint density at radius 2 is 1.91 bits per heavy atom. The number of carbonyl (C=O) groups is 2. The molecule has 0 amide bonds. The molecule has 1 saturated heterocycles. The molecule has 1 aromatic rings. The van der Waals surface area contributed by atoms with Gasteiger partial charge in [-0.2, -0.15) is 0 Å². The van der Waals surface area contributed by atoms with Crippen molar-refractivity contribution in [3.8, 4) is 0 Å². The molecule has 9 heteroatoms.